The summed E-state index contributed by atoms with van der Waals surface area (Å²) in [6, 6.07) is 3.72. The minimum atomic E-state index is -4.84. The number of halogens is 4. The number of rotatable bonds is 4. The van der Waals surface area contributed by atoms with Crippen LogP contribution >= 0.6 is 15.9 Å². The maximum atomic E-state index is 13.0. The lowest BCUT2D eigenvalue weighted by molar-refractivity contribution is -0.138. The molecule has 2 aromatic rings. The molecule has 0 saturated carbocycles. The minimum absolute atomic E-state index is 0.178. The number of aliphatic hydroxyl groups is 1. The summed E-state index contributed by atoms with van der Waals surface area (Å²) in [5, 5.41) is 33.9. The summed E-state index contributed by atoms with van der Waals surface area (Å²) in [5.74, 6) is -1.02. The Balaban J connectivity index is 2.22. The lowest BCUT2D eigenvalue weighted by Crippen LogP contribution is -2.44. The Bertz CT molecular complexity index is 971. The summed E-state index contributed by atoms with van der Waals surface area (Å²) in [4.78, 5) is 15.6. The van der Waals surface area contributed by atoms with Crippen LogP contribution in [-0.2, 0) is 17.5 Å². The van der Waals surface area contributed by atoms with Crippen molar-refractivity contribution in [3.05, 3.63) is 39.9 Å². The molecule has 2 heterocycles. The van der Waals surface area contributed by atoms with Gasteiger partial charge in [-0.25, -0.2) is 4.98 Å². The molecule has 0 aliphatic heterocycles. The van der Waals surface area contributed by atoms with Gasteiger partial charge in [0.1, 0.15) is 22.3 Å². The first-order valence-corrected chi connectivity index (χ1v) is 7.91. The summed E-state index contributed by atoms with van der Waals surface area (Å²) in [6.45, 7) is 0.765. The van der Waals surface area contributed by atoms with Gasteiger partial charge in [-0.3, -0.25) is 9.48 Å². The molecule has 8 nitrogen and oxygen atoms in total. The van der Waals surface area contributed by atoms with E-state index in [1.54, 1.807) is 0 Å². The number of pyridine rings is 1. The predicted molar refractivity (Wildman–Crippen MR) is 87.8 cm³/mol. The molecule has 0 aliphatic rings. The average Bonchev–Trinajstić information content (AvgIpc) is 2.92. The summed E-state index contributed by atoms with van der Waals surface area (Å²) in [5.41, 5.74) is -4.37. The van der Waals surface area contributed by atoms with Gasteiger partial charge in [-0.2, -0.15) is 28.8 Å². The van der Waals surface area contributed by atoms with Crippen molar-refractivity contribution in [3.8, 4) is 12.1 Å². The molecular weight excluding hydrogens is 433 g/mol. The highest BCUT2D eigenvalue weighted by Gasteiger charge is 2.36. The van der Waals surface area contributed by atoms with E-state index in [2.05, 4.69) is 31.3 Å². The normalized spacial score (nSPS) is 13.3. The van der Waals surface area contributed by atoms with Crippen LogP contribution in [0.4, 0.5) is 18.9 Å². The SMILES string of the molecule is CC(O)(Cn1cc(C#N)c(Br)n1)C(=O)Nc1cnc(C#N)c(C(F)(F)F)c1. The van der Waals surface area contributed by atoms with Gasteiger partial charge in [-0.1, -0.05) is 0 Å². The molecule has 0 radical (unpaired) electrons. The van der Waals surface area contributed by atoms with Crippen LogP contribution in [0.15, 0.2) is 23.1 Å². The fourth-order valence-electron chi connectivity index (χ4n) is 2.05. The van der Waals surface area contributed by atoms with Crippen molar-refractivity contribution >= 4 is 27.5 Å². The zero-order chi connectivity index (χ0) is 20.4. The van der Waals surface area contributed by atoms with Crippen molar-refractivity contribution in [2.45, 2.75) is 25.2 Å². The summed E-state index contributed by atoms with van der Waals surface area (Å²) >= 11 is 3.04. The van der Waals surface area contributed by atoms with E-state index in [-0.39, 0.29) is 22.4 Å². The first-order valence-electron chi connectivity index (χ1n) is 7.12. The van der Waals surface area contributed by atoms with Crippen molar-refractivity contribution in [1.29, 1.82) is 10.5 Å². The van der Waals surface area contributed by atoms with E-state index in [1.807, 2.05) is 6.07 Å². The maximum Gasteiger partial charge on any atom is 0.419 e. The molecule has 0 aromatic carbocycles. The first kappa shape index (κ1) is 20.4. The number of hydrogen-bond donors (Lipinski definition) is 2. The van der Waals surface area contributed by atoms with Crippen molar-refractivity contribution in [1.82, 2.24) is 14.8 Å². The van der Waals surface area contributed by atoms with Gasteiger partial charge in [-0.05, 0) is 28.9 Å². The largest absolute Gasteiger partial charge is 0.419 e. The average molecular weight is 443 g/mol. The predicted octanol–water partition coefficient (Wildman–Crippen LogP) is 2.19. The van der Waals surface area contributed by atoms with E-state index in [4.69, 9.17) is 10.5 Å². The number of nitrogens with zero attached hydrogens (tertiary/aromatic N) is 5. The van der Waals surface area contributed by atoms with Gasteiger partial charge in [0.05, 0.1) is 24.0 Å². The third kappa shape index (κ3) is 4.61. The molecule has 0 bridgehead atoms. The molecular formula is C15H10BrF3N6O2. The quantitative estimate of drug-likeness (QED) is 0.746. The Labute approximate surface area is 159 Å². The Morgan fingerprint density at radius 3 is 2.59 bits per heavy atom. The molecule has 27 heavy (non-hydrogen) atoms. The number of nitrogens with one attached hydrogen (secondary N) is 1. The highest BCUT2D eigenvalue weighted by Crippen LogP contribution is 2.32. The first-order chi connectivity index (χ1) is 12.5. The number of aromatic nitrogens is 3. The lowest BCUT2D eigenvalue weighted by Gasteiger charge is -2.22. The molecule has 1 atom stereocenters. The summed E-state index contributed by atoms with van der Waals surface area (Å²) < 4.78 is 40.2. The van der Waals surface area contributed by atoms with Crippen LogP contribution in [0.5, 0.6) is 0 Å². The Morgan fingerprint density at radius 2 is 2.07 bits per heavy atom. The number of alkyl halides is 3. The van der Waals surface area contributed by atoms with E-state index in [0.29, 0.717) is 6.07 Å². The van der Waals surface area contributed by atoms with Gasteiger partial charge in [0, 0.05) is 6.20 Å². The van der Waals surface area contributed by atoms with E-state index in [9.17, 15) is 23.1 Å². The highest BCUT2D eigenvalue weighted by molar-refractivity contribution is 9.10. The zero-order valence-corrected chi connectivity index (χ0v) is 15.1. The fraction of sp³-hybridized carbons (Fsp3) is 0.267. The topological polar surface area (TPSA) is 128 Å². The molecule has 0 fully saturated rings. The van der Waals surface area contributed by atoms with Crippen LogP contribution in [0, 0.1) is 22.7 Å². The lowest BCUT2D eigenvalue weighted by atomic mass is 10.1. The van der Waals surface area contributed by atoms with Gasteiger partial charge in [0.25, 0.3) is 5.91 Å². The number of hydrogen-bond acceptors (Lipinski definition) is 6. The van der Waals surface area contributed by atoms with E-state index in [0.717, 1.165) is 17.8 Å². The molecule has 2 aromatic heterocycles. The number of carbonyl (C=O) groups is 1. The van der Waals surface area contributed by atoms with Crippen molar-refractivity contribution in [3.63, 3.8) is 0 Å². The van der Waals surface area contributed by atoms with E-state index >= 15 is 0 Å². The van der Waals surface area contributed by atoms with Crippen LogP contribution in [0.2, 0.25) is 0 Å². The second kappa shape index (κ2) is 7.34. The maximum absolute atomic E-state index is 13.0. The van der Waals surface area contributed by atoms with Crippen molar-refractivity contribution in [2.75, 3.05) is 5.32 Å². The number of carbonyl (C=O) groups excluding carboxylic acids is 1. The molecule has 12 heteroatoms. The second-order valence-corrected chi connectivity index (χ2v) is 6.35. The smallest absolute Gasteiger partial charge is 0.378 e. The third-order valence-corrected chi connectivity index (χ3v) is 3.94. The molecule has 0 aliphatic carbocycles. The Kier molecular flexibility index (Phi) is 5.54. The van der Waals surface area contributed by atoms with E-state index < -0.39 is 28.9 Å². The Hall–Kier alpha value is -2.96. The molecule has 140 valence electrons. The van der Waals surface area contributed by atoms with E-state index in [1.165, 1.54) is 12.3 Å². The van der Waals surface area contributed by atoms with Gasteiger partial charge in [0.15, 0.2) is 11.3 Å². The third-order valence-electron chi connectivity index (χ3n) is 3.35. The second-order valence-electron chi connectivity index (χ2n) is 5.60. The minimum Gasteiger partial charge on any atom is -0.378 e. The van der Waals surface area contributed by atoms with Gasteiger partial charge < -0.3 is 10.4 Å². The highest BCUT2D eigenvalue weighted by atomic mass is 79.9. The van der Waals surface area contributed by atoms with Crippen LogP contribution in [0.25, 0.3) is 0 Å². The van der Waals surface area contributed by atoms with Gasteiger partial charge in [0.2, 0.25) is 0 Å². The van der Waals surface area contributed by atoms with Crippen LogP contribution in [0.3, 0.4) is 0 Å². The van der Waals surface area contributed by atoms with Crippen LogP contribution in [-0.4, -0.2) is 31.4 Å². The van der Waals surface area contributed by atoms with Gasteiger partial charge in [-0.15, -0.1) is 0 Å². The summed E-state index contributed by atoms with van der Waals surface area (Å²) in [6.07, 6.45) is -2.67. The fourth-order valence-corrected chi connectivity index (χ4v) is 2.44. The molecule has 2 rings (SSSR count). The van der Waals surface area contributed by atoms with Gasteiger partial charge >= 0.3 is 6.18 Å². The number of nitriles is 2. The van der Waals surface area contributed by atoms with Crippen molar-refractivity contribution in [2.24, 2.45) is 0 Å². The zero-order valence-electron chi connectivity index (χ0n) is 13.5. The summed E-state index contributed by atoms with van der Waals surface area (Å²) in [7, 11) is 0. The Morgan fingerprint density at radius 1 is 1.41 bits per heavy atom. The molecule has 1 amide bonds. The van der Waals surface area contributed by atoms with Crippen LogP contribution in [0.1, 0.15) is 23.7 Å². The van der Waals surface area contributed by atoms with Crippen LogP contribution < -0.4 is 5.32 Å². The monoisotopic (exact) mass is 442 g/mol. The number of amides is 1. The molecule has 2 N–H and O–H groups in total. The standard InChI is InChI=1S/C15H10BrF3N6O2/c1-14(27,7-25-6-8(3-20)12(16)24-25)13(26)23-9-2-10(15(17,18)19)11(4-21)22-5-9/h2,5-6,27H,7H2,1H3,(H,23,26). The molecule has 0 spiro atoms. The number of anilines is 1. The van der Waals surface area contributed by atoms with Crippen molar-refractivity contribution < 1.29 is 23.1 Å². The molecule has 1 unspecified atom stereocenters. The molecule has 0 saturated heterocycles.